The molecule has 0 aliphatic carbocycles. The Morgan fingerprint density at radius 2 is 1.77 bits per heavy atom. The minimum Gasteiger partial charge on any atom is -0.497 e. The number of thioether (sulfide) groups is 1. The zero-order valence-corrected chi connectivity index (χ0v) is 18.4. The number of halogens is 2. The second kappa shape index (κ2) is 12.0. The normalized spacial score (nSPS) is 10.8. The summed E-state index contributed by atoms with van der Waals surface area (Å²) in [6, 6.07) is 12.8. The molecule has 0 aromatic heterocycles. The molecule has 0 heterocycles. The van der Waals surface area contributed by atoms with E-state index in [2.05, 4.69) is 15.6 Å². The van der Waals surface area contributed by atoms with E-state index in [1.54, 1.807) is 32.0 Å². The molecule has 0 saturated heterocycles. The summed E-state index contributed by atoms with van der Waals surface area (Å²) in [5.41, 5.74) is 3.21. The van der Waals surface area contributed by atoms with Crippen molar-refractivity contribution in [2.45, 2.75) is 18.8 Å². The molecule has 2 N–H and O–H groups in total. The van der Waals surface area contributed by atoms with Gasteiger partial charge in [0.15, 0.2) is 5.96 Å². The van der Waals surface area contributed by atoms with E-state index in [-0.39, 0.29) is 29.8 Å². The fourth-order valence-electron chi connectivity index (χ4n) is 2.39. The van der Waals surface area contributed by atoms with Gasteiger partial charge in [0.1, 0.15) is 11.6 Å². The Bertz CT molecular complexity index is 710. The molecular weight excluding hydrogens is 464 g/mol. The van der Waals surface area contributed by atoms with Crippen LogP contribution >= 0.6 is 35.7 Å². The molecule has 0 radical (unpaired) electrons. The van der Waals surface area contributed by atoms with Crippen LogP contribution in [0.15, 0.2) is 47.5 Å². The second-order valence-electron chi connectivity index (χ2n) is 5.47. The first-order chi connectivity index (χ1) is 12.2. The number of hydrogen-bond acceptors (Lipinski definition) is 3. The summed E-state index contributed by atoms with van der Waals surface area (Å²) >= 11 is 1.68. The third kappa shape index (κ3) is 7.03. The van der Waals surface area contributed by atoms with E-state index in [1.165, 1.54) is 6.07 Å². The summed E-state index contributed by atoms with van der Waals surface area (Å²) in [5.74, 6) is 2.13. The molecule has 0 aliphatic heterocycles. The predicted molar refractivity (Wildman–Crippen MR) is 119 cm³/mol. The van der Waals surface area contributed by atoms with Crippen LogP contribution in [0.2, 0.25) is 0 Å². The van der Waals surface area contributed by atoms with Crippen LogP contribution in [0.1, 0.15) is 16.7 Å². The van der Waals surface area contributed by atoms with Crippen LogP contribution < -0.4 is 15.4 Å². The zero-order chi connectivity index (χ0) is 18.1. The van der Waals surface area contributed by atoms with E-state index in [9.17, 15) is 4.39 Å². The van der Waals surface area contributed by atoms with Crippen molar-refractivity contribution in [1.82, 2.24) is 10.6 Å². The van der Waals surface area contributed by atoms with E-state index in [0.717, 1.165) is 28.2 Å². The largest absolute Gasteiger partial charge is 0.497 e. The van der Waals surface area contributed by atoms with Crippen molar-refractivity contribution in [3.05, 3.63) is 65.0 Å². The van der Waals surface area contributed by atoms with Crippen LogP contribution in [-0.2, 0) is 18.8 Å². The van der Waals surface area contributed by atoms with E-state index >= 15 is 0 Å². The second-order valence-corrected chi connectivity index (χ2v) is 6.34. The highest BCUT2D eigenvalue weighted by Crippen LogP contribution is 2.16. The first-order valence-corrected chi connectivity index (χ1v) is 9.39. The van der Waals surface area contributed by atoms with Crippen molar-refractivity contribution in [2.75, 3.05) is 20.4 Å². The quantitative estimate of drug-likeness (QED) is 0.348. The first-order valence-electron chi connectivity index (χ1n) is 8.00. The minimum atomic E-state index is -0.199. The summed E-state index contributed by atoms with van der Waals surface area (Å²) in [6.07, 6.45) is 2.01. The Hall–Kier alpha value is -1.48. The average Bonchev–Trinajstić information content (AvgIpc) is 2.64. The molecule has 2 aromatic carbocycles. The fourth-order valence-corrected chi connectivity index (χ4v) is 2.97. The lowest BCUT2D eigenvalue weighted by Crippen LogP contribution is -2.36. The maximum absolute atomic E-state index is 13.4. The number of methoxy groups -OCH3 is 1. The first kappa shape index (κ1) is 22.6. The Balaban J connectivity index is 0.00000338. The van der Waals surface area contributed by atoms with E-state index in [1.807, 2.05) is 36.6 Å². The lowest BCUT2D eigenvalue weighted by atomic mass is 10.1. The van der Waals surface area contributed by atoms with Crippen molar-refractivity contribution < 1.29 is 9.13 Å². The van der Waals surface area contributed by atoms with Gasteiger partial charge in [-0.1, -0.05) is 18.2 Å². The van der Waals surface area contributed by atoms with Gasteiger partial charge in [-0.2, -0.15) is 11.8 Å². The summed E-state index contributed by atoms with van der Waals surface area (Å²) in [6.45, 7) is 1.25. The van der Waals surface area contributed by atoms with Crippen molar-refractivity contribution in [3.8, 4) is 5.75 Å². The van der Waals surface area contributed by atoms with Crippen molar-refractivity contribution in [3.63, 3.8) is 0 Å². The summed E-state index contributed by atoms with van der Waals surface area (Å²) in [4.78, 5) is 4.24. The van der Waals surface area contributed by atoms with Crippen LogP contribution in [0.4, 0.5) is 4.39 Å². The van der Waals surface area contributed by atoms with Gasteiger partial charge in [-0.05, 0) is 47.2 Å². The number of hydrogen-bond donors (Lipinski definition) is 2. The Morgan fingerprint density at radius 3 is 2.38 bits per heavy atom. The number of benzene rings is 2. The summed E-state index contributed by atoms with van der Waals surface area (Å²) < 4.78 is 18.6. The molecule has 2 rings (SSSR count). The molecule has 2 aromatic rings. The number of aliphatic imine (C=N–C) groups is 1. The van der Waals surface area contributed by atoms with Crippen LogP contribution in [-0.4, -0.2) is 26.4 Å². The Labute approximate surface area is 176 Å². The van der Waals surface area contributed by atoms with E-state index in [0.29, 0.717) is 19.0 Å². The third-order valence-corrected chi connectivity index (χ3v) is 4.36. The lowest BCUT2D eigenvalue weighted by molar-refractivity contribution is 0.414. The Morgan fingerprint density at radius 1 is 1.08 bits per heavy atom. The summed E-state index contributed by atoms with van der Waals surface area (Å²) in [7, 11) is 3.39. The minimum absolute atomic E-state index is 0. The van der Waals surface area contributed by atoms with Crippen molar-refractivity contribution in [2.24, 2.45) is 4.99 Å². The highest BCUT2D eigenvalue weighted by molar-refractivity contribution is 14.0. The number of ether oxygens (including phenoxy) is 1. The molecule has 0 aliphatic rings. The van der Waals surface area contributed by atoms with Crippen LogP contribution in [0.25, 0.3) is 0 Å². The average molecular weight is 489 g/mol. The zero-order valence-electron chi connectivity index (χ0n) is 15.2. The van der Waals surface area contributed by atoms with Gasteiger partial charge in [0.25, 0.3) is 0 Å². The highest BCUT2D eigenvalue weighted by atomic mass is 127. The van der Waals surface area contributed by atoms with Gasteiger partial charge in [-0.15, -0.1) is 24.0 Å². The topological polar surface area (TPSA) is 45.7 Å². The Kier molecular flexibility index (Phi) is 10.4. The molecule has 4 nitrogen and oxygen atoms in total. The molecule has 0 bridgehead atoms. The molecule has 0 saturated carbocycles. The number of nitrogens with zero attached hydrogens (tertiary/aromatic N) is 1. The lowest BCUT2D eigenvalue weighted by Gasteiger charge is -2.14. The van der Waals surface area contributed by atoms with Gasteiger partial charge in [-0.3, -0.25) is 4.99 Å². The van der Waals surface area contributed by atoms with E-state index in [4.69, 9.17) is 4.74 Å². The molecule has 142 valence electrons. The molecule has 0 unspecified atom stereocenters. The smallest absolute Gasteiger partial charge is 0.191 e. The fraction of sp³-hybridized carbons (Fsp3) is 0.316. The van der Waals surface area contributed by atoms with Gasteiger partial charge in [-0.25, -0.2) is 4.39 Å². The van der Waals surface area contributed by atoms with Crippen LogP contribution in [0.3, 0.4) is 0 Å². The molecule has 0 fully saturated rings. The van der Waals surface area contributed by atoms with Crippen LogP contribution in [0, 0.1) is 5.82 Å². The SMILES string of the molecule is CN=C(NCc1ccc(OC)cc1)NCc1ccc(F)cc1CSC.I. The molecule has 7 heteroatoms. The van der Waals surface area contributed by atoms with Gasteiger partial charge in [0, 0.05) is 25.9 Å². The van der Waals surface area contributed by atoms with Crippen molar-refractivity contribution in [1.29, 1.82) is 0 Å². The van der Waals surface area contributed by atoms with Crippen LogP contribution in [0.5, 0.6) is 5.75 Å². The molecular formula is C19H25FIN3OS. The maximum atomic E-state index is 13.4. The van der Waals surface area contributed by atoms with Gasteiger partial charge >= 0.3 is 0 Å². The maximum Gasteiger partial charge on any atom is 0.191 e. The van der Waals surface area contributed by atoms with E-state index < -0.39 is 0 Å². The highest BCUT2D eigenvalue weighted by Gasteiger charge is 2.05. The molecule has 0 spiro atoms. The number of nitrogens with one attached hydrogen (secondary N) is 2. The van der Waals surface area contributed by atoms with Gasteiger partial charge in [0.2, 0.25) is 0 Å². The standard InChI is InChI=1S/C19H24FN3OS.HI/c1-21-19(22-11-14-4-8-18(24-2)9-5-14)23-12-15-6-7-17(20)10-16(15)13-25-3;/h4-10H,11-13H2,1-3H3,(H2,21,22,23);1H. The molecule has 0 atom stereocenters. The predicted octanol–water partition coefficient (Wildman–Crippen LogP) is 4.18. The summed E-state index contributed by atoms with van der Waals surface area (Å²) in [5, 5.41) is 6.55. The van der Waals surface area contributed by atoms with Gasteiger partial charge in [0.05, 0.1) is 7.11 Å². The van der Waals surface area contributed by atoms with Gasteiger partial charge < -0.3 is 15.4 Å². The number of guanidine groups is 1. The molecule has 26 heavy (non-hydrogen) atoms. The number of rotatable bonds is 7. The molecule has 0 amide bonds. The van der Waals surface area contributed by atoms with Crippen molar-refractivity contribution >= 4 is 41.7 Å². The monoisotopic (exact) mass is 489 g/mol. The third-order valence-electron chi connectivity index (χ3n) is 3.76.